The van der Waals surface area contributed by atoms with Crippen LogP contribution in [0, 0.1) is 0 Å². The maximum atomic E-state index is 11.5. The molecule has 0 aliphatic carbocycles. The van der Waals surface area contributed by atoms with Crippen molar-refractivity contribution in [3.63, 3.8) is 0 Å². The van der Waals surface area contributed by atoms with Gasteiger partial charge in [0.05, 0.1) is 0 Å². The van der Waals surface area contributed by atoms with Crippen molar-refractivity contribution in [2.24, 2.45) is 0 Å². The molecular weight excluding hydrogens is 156 g/mol. The Labute approximate surface area is 69.6 Å². The van der Waals surface area contributed by atoms with Crippen LogP contribution in [0.3, 0.4) is 0 Å². The van der Waals surface area contributed by atoms with Gasteiger partial charge in [0.25, 0.3) is 0 Å². The van der Waals surface area contributed by atoms with E-state index in [1.54, 1.807) is 13.8 Å². The molecule has 2 rings (SSSR count). The minimum absolute atomic E-state index is 0.106. The minimum Gasteiger partial charge on any atom is -0.462 e. The van der Waals surface area contributed by atoms with E-state index in [2.05, 4.69) is 9.97 Å². The highest BCUT2D eigenvalue weighted by Gasteiger charge is 2.41. The lowest BCUT2D eigenvalue weighted by molar-refractivity contribution is 0.0673. The predicted octanol–water partition coefficient (Wildman–Crippen LogP) is 0.830. The van der Waals surface area contributed by atoms with Gasteiger partial charge in [-0.15, -0.1) is 0 Å². The highest BCUT2D eigenvalue weighted by Crippen LogP contribution is 2.30. The fourth-order valence-corrected chi connectivity index (χ4v) is 1.13. The van der Waals surface area contributed by atoms with E-state index in [0.717, 1.165) is 0 Å². The Balaban J connectivity index is 2.57. The summed E-state index contributed by atoms with van der Waals surface area (Å²) in [5.41, 5.74) is -0.466. The van der Waals surface area contributed by atoms with Gasteiger partial charge in [0.1, 0.15) is 0 Å². The van der Waals surface area contributed by atoms with Crippen LogP contribution in [0.5, 0.6) is 5.88 Å². The van der Waals surface area contributed by atoms with Crippen molar-refractivity contribution in [3.8, 4) is 5.88 Å². The van der Waals surface area contributed by atoms with Gasteiger partial charge in [-0.2, -0.15) is 0 Å². The van der Waals surface area contributed by atoms with Crippen molar-refractivity contribution in [1.82, 2.24) is 9.97 Å². The second-order valence-electron chi connectivity index (χ2n) is 3.15. The second kappa shape index (κ2) is 2.03. The van der Waals surface area contributed by atoms with Crippen LogP contribution >= 0.6 is 0 Å². The number of rotatable bonds is 0. The number of ketones is 1. The zero-order valence-corrected chi connectivity index (χ0v) is 6.87. The number of hydrogen-bond acceptors (Lipinski definition) is 4. The SMILES string of the molecule is CC1(C)Oc2nccnc2C1=O. The average Bonchev–Trinajstić information content (AvgIpc) is 2.24. The van der Waals surface area contributed by atoms with Gasteiger partial charge in [-0.3, -0.25) is 4.79 Å². The number of fused-ring (bicyclic) bond motifs is 1. The van der Waals surface area contributed by atoms with Crippen molar-refractivity contribution in [3.05, 3.63) is 18.1 Å². The molecule has 12 heavy (non-hydrogen) atoms. The topological polar surface area (TPSA) is 52.1 Å². The molecule has 0 atom stereocenters. The fourth-order valence-electron chi connectivity index (χ4n) is 1.13. The Morgan fingerprint density at radius 1 is 1.33 bits per heavy atom. The van der Waals surface area contributed by atoms with Crippen LogP contribution in [-0.2, 0) is 0 Å². The van der Waals surface area contributed by atoms with Gasteiger partial charge in [-0.1, -0.05) is 0 Å². The Kier molecular flexibility index (Phi) is 1.22. The van der Waals surface area contributed by atoms with Crippen molar-refractivity contribution in [2.45, 2.75) is 19.4 Å². The molecular formula is C8H8N2O2. The van der Waals surface area contributed by atoms with E-state index in [9.17, 15) is 4.79 Å². The first kappa shape index (κ1) is 7.21. The third kappa shape index (κ3) is 0.809. The molecule has 0 bridgehead atoms. The molecule has 0 N–H and O–H groups in total. The van der Waals surface area contributed by atoms with E-state index in [0.29, 0.717) is 11.6 Å². The van der Waals surface area contributed by atoms with E-state index < -0.39 is 5.60 Å². The van der Waals surface area contributed by atoms with E-state index in [4.69, 9.17) is 4.74 Å². The third-order valence-electron chi connectivity index (χ3n) is 1.78. The zero-order chi connectivity index (χ0) is 8.77. The highest BCUT2D eigenvalue weighted by atomic mass is 16.5. The lowest BCUT2D eigenvalue weighted by Gasteiger charge is -2.13. The smallest absolute Gasteiger partial charge is 0.244 e. The van der Waals surface area contributed by atoms with Crippen LogP contribution < -0.4 is 4.74 Å². The summed E-state index contributed by atoms with van der Waals surface area (Å²) in [7, 11) is 0. The summed E-state index contributed by atoms with van der Waals surface area (Å²) in [5.74, 6) is 0.234. The molecule has 0 fully saturated rings. The van der Waals surface area contributed by atoms with Crippen molar-refractivity contribution >= 4 is 5.78 Å². The van der Waals surface area contributed by atoms with Gasteiger partial charge in [0.2, 0.25) is 11.7 Å². The molecule has 0 spiro atoms. The summed E-state index contributed by atoms with van der Waals surface area (Å²) < 4.78 is 5.28. The maximum Gasteiger partial charge on any atom is 0.244 e. The number of nitrogens with zero attached hydrogens (tertiary/aromatic N) is 2. The molecule has 1 aromatic heterocycles. The van der Waals surface area contributed by atoms with Gasteiger partial charge < -0.3 is 4.74 Å². The molecule has 62 valence electrons. The van der Waals surface area contributed by atoms with Crippen LogP contribution in [0.2, 0.25) is 0 Å². The number of Topliss-reactive ketones (excluding diaryl/α,β-unsaturated/α-hetero) is 1. The van der Waals surface area contributed by atoms with Gasteiger partial charge in [0.15, 0.2) is 11.3 Å². The summed E-state index contributed by atoms with van der Waals surface area (Å²) in [6.45, 7) is 3.41. The summed E-state index contributed by atoms with van der Waals surface area (Å²) in [6.07, 6.45) is 3.00. The van der Waals surface area contributed by atoms with Gasteiger partial charge >= 0.3 is 0 Å². The largest absolute Gasteiger partial charge is 0.462 e. The van der Waals surface area contributed by atoms with E-state index in [-0.39, 0.29) is 5.78 Å². The molecule has 0 radical (unpaired) electrons. The molecule has 0 saturated carbocycles. The number of aromatic nitrogens is 2. The third-order valence-corrected chi connectivity index (χ3v) is 1.78. The standard InChI is InChI=1S/C8H8N2O2/c1-8(2)6(11)5-7(12-8)10-4-3-9-5/h3-4H,1-2H3. The first-order valence-corrected chi connectivity index (χ1v) is 3.66. The number of carbonyl (C=O) groups excluding carboxylic acids is 1. The molecule has 0 unspecified atom stereocenters. The van der Waals surface area contributed by atoms with Crippen LogP contribution in [0.4, 0.5) is 0 Å². The molecule has 0 aromatic carbocycles. The first-order chi connectivity index (χ1) is 5.61. The monoisotopic (exact) mass is 164 g/mol. The Bertz CT molecular complexity index is 347. The summed E-state index contributed by atoms with van der Waals surface area (Å²) in [5, 5.41) is 0. The zero-order valence-electron chi connectivity index (χ0n) is 6.87. The van der Waals surface area contributed by atoms with Gasteiger partial charge in [-0.05, 0) is 13.8 Å². The van der Waals surface area contributed by atoms with E-state index >= 15 is 0 Å². The molecule has 4 nitrogen and oxygen atoms in total. The van der Waals surface area contributed by atoms with E-state index in [1.165, 1.54) is 12.4 Å². The highest BCUT2D eigenvalue weighted by molar-refractivity contribution is 6.04. The van der Waals surface area contributed by atoms with Crippen molar-refractivity contribution in [1.29, 1.82) is 0 Å². The molecule has 1 aromatic rings. The summed E-state index contributed by atoms with van der Waals surface area (Å²) in [4.78, 5) is 19.3. The van der Waals surface area contributed by atoms with Gasteiger partial charge in [0, 0.05) is 12.4 Å². The average molecular weight is 164 g/mol. The number of hydrogen-bond donors (Lipinski definition) is 0. The molecule has 1 aliphatic rings. The number of carbonyl (C=O) groups is 1. The van der Waals surface area contributed by atoms with Crippen LogP contribution in [0.1, 0.15) is 24.3 Å². The maximum absolute atomic E-state index is 11.5. The normalized spacial score (nSPS) is 18.7. The van der Waals surface area contributed by atoms with E-state index in [1.807, 2.05) is 0 Å². The summed E-state index contributed by atoms with van der Waals surface area (Å²) in [6, 6.07) is 0. The minimum atomic E-state index is -0.802. The second-order valence-corrected chi connectivity index (χ2v) is 3.15. The van der Waals surface area contributed by atoms with Crippen molar-refractivity contribution in [2.75, 3.05) is 0 Å². The van der Waals surface area contributed by atoms with Crippen LogP contribution in [0.15, 0.2) is 12.4 Å². The number of ether oxygens (including phenoxy) is 1. The molecule has 4 heteroatoms. The molecule has 0 amide bonds. The lowest BCUT2D eigenvalue weighted by atomic mass is 10.0. The first-order valence-electron chi connectivity index (χ1n) is 3.66. The fraction of sp³-hybridized carbons (Fsp3) is 0.375. The quantitative estimate of drug-likeness (QED) is 0.570. The van der Waals surface area contributed by atoms with Gasteiger partial charge in [-0.25, -0.2) is 9.97 Å². The Hall–Kier alpha value is -1.45. The predicted molar refractivity (Wildman–Crippen MR) is 41.1 cm³/mol. The van der Waals surface area contributed by atoms with Crippen LogP contribution in [-0.4, -0.2) is 21.4 Å². The summed E-state index contributed by atoms with van der Waals surface area (Å²) >= 11 is 0. The molecule has 1 aliphatic heterocycles. The van der Waals surface area contributed by atoms with Crippen LogP contribution in [0.25, 0.3) is 0 Å². The Morgan fingerprint density at radius 3 is 2.67 bits per heavy atom. The molecule has 2 heterocycles. The van der Waals surface area contributed by atoms with Crippen molar-refractivity contribution < 1.29 is 9.53 Å². The lowest BCUT2D eigenvalue weighted by Crippen LogP contribution is -2.32. The Morgan fingerprint density at radius 2 is 2.00 bits per heavy atom. The molecule has 0 saturated heterocycles.